The van der Waals surface area contributed by atoms with Crippen LogP contribution in [0.5, 0.6) is 5.75 Å². The predicted octanol–water partition coefficient (Wildman–Crippen LogP) is 7.75. The second-order valence-electron chi connectivity index (χ2n) is 8.86. The zero-order valence-corrected chi connectivity index (χ0v) is 20.8. The minimum Gasteiger partial charge on any atom is -0.423 e. The molecule has 0 spiro atoms. The Morgan fingerprint density at radius 1 is 1.03 bits per heavy atom. The average molecular weight is 558 g/mol. The summed E-state index contributed by atoms with van der Waals surface area (Å²) in [4.78, 5) is 17.4. The highest BCUT2D eigenvalue weighted by atomic mass is 79.9. The van der Waals surface area contributed by atoms with Crippen molar-refractivity contribution in [1.82, 2.24) is 9.38 Å². The quantitative estimate of drug-likeness (QED) is 0.201. The number of halogens is 4. The summed E-state index contributed by atoms with van der Waals surface area (Å²) >= 11 is 3.54. The Labute approximate surface area is 214 Å². The summed E-state index contributed by atoms with van der Waals surface area (Å²) in [5.74, 6) is 0.407. The highest BCUT2D eigenvalue weighted by Gasteiger charge is 2.30. The number of nitrogens with one attached hydrogen (secondary N) is 1. The molecule has 1 aliphatic carbocycles. The fraction of sp³-hybridized carbons (Fsp3) is 0.259. The minimum absolute atomic E-state index is 0.0330. The molecule has 4 aromatic rings. The zero-order chi connectivity index (χ0) is 25.3. The Balaban J connectivity index is 1.44. The molecule has 0 amide bonds. The number of esters is 1. The van der Waals surface area contributed by atoms with Gasteiger partial charge in [-0.25, -0.2) is 9.78 Å². The normalized spacial score (nSPS) is 14.7. The van der Waals surface area contributed by atoms with Gasteiger partial charge in [-0.3, -0.25) is 4.40 Å². The van der Waals surface area contributed by atoms with E-state index in [9.17, 15) is 18.0 Å². The molecule has 9 heteroatoms. The number of aromatic nitrogens is 2. The number of rotatable bonds is 5. The van der Waals surface area contributed by atoms with Gasteiger partial charge in [-0.1, -0.05) is 31.4 Å². The molecule has 0 saturated heterocycles. The van der Waals surface area contributed by atoms with Crippen molar-refractivity contribution in [2.24, 2.45) is 0 Å². The van der Waals surface area contributed by atoms with E-state index in [1.54, 1.807) is 18.2 Å². The second-order valence-corrected chi connectivity index (χ2v) is 9.77. The standard InChI is InChI=1S/C27H23BrF3N3O2/c28-20-13-14-23-33-24(25(34(23)16-20)32-21-6-2-1-3-7-21)18-5-4-8-22(15-18)36-26(35)17-9-11-19(12-10-17)27(29,30)31/h4-5,8-16,21,32H,1-3,6-7H2. The Kier molecular flexibility index (Phi) is 6.75. The maximum Gasteiger partial charge on any atom is 0.416 e. The first-order chi connectivity index (χ1) is 17.3. The lowest BCUT2D eigenvalue weighted by molar-refractivity contribution is -0.137. The number of benzene rings is 2. The molecule has 1 saturated carbocycles. The summed E-state index contributed by atoms with van der Waals surface area (Å²) in [5.41, 5.74) is 1.47. The molecule has 0 unspecified atom stereocenters. The van der Waals surface area contributed by atoms with E-state index in [1.807, 2.05) is 28.8 Å². The van der Waals surface area contributed by atoms with Crippen LogP contribution in [-0.2, 0) is 6.18 Å². The lowest BCUT2D eigenvalue weighted by atomic mass is 9.95. The Morgan fingerprint density at radius 2 is 1.78 bits per heavy atom. The third-order valence-corrected chi connectivity index (χ3v) is 6.76. The van der Waals surface area contributed by atoms with Crippen LogP contribution in [0.4, 0.5) is 19.0 Å². The predicted molar refractivity (Wildman–Crippen MR) is 135 cm³/mol. The van der Waals surface area contributed by atoms with Gasteiger partial charge in [0.05, 0.1) is 11.1 Å². The number of hydrogen-bond acceptors (Lipinski definition) is 4. The maximum atomic E-state index is 12.8. The van der Waals surface area contributed by atoms with Crippen LogP contribution in [0.25, 0.3) is 16.9 Å². The zero-order valence-electron chi connectivity index (χ0n) is 19.2. The van der Waals surface area contributed by atoms with Gasteiger partial charge < -0.3 is 10.1 Å². The van der Waals surface area contributed by atoms with Crippen LogP contribution in [0.1, 0.15) is 48.0 Å². The van der Waals surface area contributed by atoms with Gasteiger partial charge in [0.25, 0.3) is 0 Å². The lowest BCUT2D eigenvalue weighted by Crippen LogP contribution is -2.23. The van der Waals surface area contributed by atoms with E-state index in [0.717, 1.165) is 64.3 Å². The molecule has 2 heterocycles. The van der Waals surface area contributed by atoms with E-state index in [0.29, 0.717) is 6.04 Å². The van der Waals surface area contributed by atoms with E-state index >= 15 is 0 Å². The van der Waals surface area contributed by atoms with Gasteiger partial charge in [0.2, 0.25) is 0 Å². The Morgan fingerprint density at radius 3 is 2.50 bits per heavy atom. The highest BCUT2D eigenvalue weighted by Crippen LogP contribution is 2.34. The number of imidazole rings is 1. The van der Waals surface area contributed by atoms with E-state index in [1.165, 1.54) is 19.3 Å². The number of anilines is 1. The first-order valence-electron chi connectivity index (χ1n) is 11.7. The number of carbonyl (C=O) groups is 1. The van der Waals surface area contributed by atoms with E-state index < -0.39 is 17.7 Å². The molecular formula is C27H23BrF3N3O2. The van der Waals surface area contributed by atoms with Crippen LogP contribution in [0.2, 0.25) is 0 Å². The smallest absolute Gasteiger partial charge is 0.416 e. The van der Waals surface area contributed by atoms with Gasteiger partial charge in [-0.15, -0.1) is 0 Å². The molecule has 5 nitrogen and oxygen atoms in total. The number of pyridine rings is 1. The molecular weight excluding hydrogens is 535 g/mol. The number of hydrogen-bond donors (Lipinski definition) is 1. The Hall–Kier alpha value is -3.33. The molecule has 186 valence electrons. The molecule has 0 atom stereocenters. The summed E-state index contributed by atoms with van der Waals surface area (Å²) in [6, 6.07) is 15.1. The van der Waals surface area contributed by atoms with Crippen molar-refractivity contribution in [2.45, 2.75) is 44.3 Å². The highest BCUT2D eigenvalue weighted by molar-refractivity contribution is 9.10. The van der Waals surface area contributed by atoms with Crippen LogP contribution in [-0.4, -0.2) is 21.4 Å². The number of ether oxygens (including phenoxy) is 1. The first-order valence-corrected chi connectivity index (χ1v) is 12.5. The summed E-state index contributed by atoms with van der Waals surface area (Å²) in [6.45, 7) is 0. The monoisotopic (exact) mass is 557 g/mol. The van der Waals surface area contributed by atoms with Crippen molar-refractivity contribution in [3.8, 4) is 17.0 Å². The first kappa shape index (κ1) is 24.4. The largest absolute Gasteiger partial charge is 0.423 e. The van der Waals surface area contributed by atoms with Gasteiger partial charge >= 0.3 is 12.1 Å². The van der Waals surface area contributed by atoms with Crippen LogP contribution >= 0.6 is 15.9 Å². The van der Waals surface area contributed by atoms with Crippen molar-refractivity contribution in [3.05, 3.63) is 82.5 Å². The molecule has 0 aliphatic heterocycles. The fourth-order valence-corrected chi connectivity index (χ4v) is 4.80. The molecule has 36 heavy (non-hydrogen) atoms. The van der Waals surface area contributed by atoms with Crippen LogP contribution in [0, 0.1) is 0 Å². The van der Waals surface area contributed by atoms with E-state index in [4.69, 9.17) is 9.72 Å². The molecule has 2 aromatic heterocycles. The van der Waals surface area contributed by atoms with Crippen molar-refractivity contribution in [1.29, 1.82) is 0 Å². The SMILES string of the molecule is O=C(Oc1cccc(-c2nc3ccc(Br)cn3c2NC2CCCCC2)c1)c1ccc(C(F)(F)F)cc1. The minimum atomic E-state index is -4.47. The van der Waals surface area contributed by atoms with Gasteiger partial charge in [-0.2, -0.15) is 13.2 Å². The third kappa shape index (κ3) is 5.26. The van der Waals surface area contributed by atoms with Crippen molar-refractivity contribution in [3.63, 3.8) is 0 Å². The lowest BCUT2D eigenvalue weighted by Gasteiger charge is -2.24. The summed E-state index contributed by atoms with van der Waals surface area (Å²) in [7, 11) is 0. The van der Waals surface area contributed by atoms with Crippen LogP contribution < -0.4 is 10.1 Å². The number of alkyl halides is 3. The van der Waals surface area contributed by atoms with Gasteiger partial charge in [0.1, 0.15) is 22.9 Å². The molecule has 1 N–H and O–H groups in total. The van der Waals surface area contributed by atoms with Crippen LogP contribution in [0.3, 0.4) is 0 Å². The van der Waals surface area contributed by atoms with E-state index in [2.05, 4.69) is 21.2 Å². The summed E-state index contributed by atoms with van der Waals surface area (Å²) in [6.07, 6.45) is 3.29. The molecule has 0 bridgehead atoms. The third-order valence-electron chi connectivity index (χ3n) is 6.29. The summed E-state index contributed by atoms with van der Waals surface area (Å²) < 4.78 is 46.9. The van der Waals surface area contributed by atoms with Crippen molar-refractivity contribution < 1.29 is 22.7 Å². The summed E-state index contributed by atoms with van der Waals surface area (Å²) in [5, 5.41) is 3.68. The van der Waals surface area contributed by atoms with Crippen molar-refractivity contribution >= 4 is 33.4 Å². The number of fused-ring (bicyclic) bond motifs is 1. The molecule has 0 radical (unpaired) electrons. The molecule has 1 fully saturated rings. The topological polar surface area (TPSA) is 55.6 Å². The Bertz CT molecular complexity index is 1390. The maximum absolute atomic E-state index is 12.8. The molecule has 1 aliphatic rings. The number of carbonyl (C=O) groups excluding carboxylic acids is 1. The number of nitrogens with zero attached hydrogens (tertiary/aromatic N) is 2. The second kappa shape index (κ2) is 9.97. The molecule has 2 aromatic carbocycles. The van der Waals surface area contributed by atoms with Gasteiger partial charge in [0, 0.05) is 22.3 Å². The van der Waals surface area contributed by atoms with E-state index in [-0.39, 0.29) is 11.3 Å². The van der Waals surface area contributed by atoms with Gasteiger partial charge in [0.15, 0.2) is 0 Å². The van der Waals surface area contributed by atoms with Crippen molar-refractivity contribution in [2.75, 3.05) is 5.32 Å². The van der Waals surface area contributed by atoms with Gasteiger partial charge in [-0.05, 0) is 77.3 Å². The van der Waals surface area contributed by atoms with Crippen LogP contribution in [0.15, 0.2) is 71.3 Å². The fourth-order valence-electron chi connectivity index (χ4n) is 4.47. The molecule has 5 rings (SSSR count). The average Bonchev–Trinajstić information content (AvgIpc) is 3.22.